The number of halogens is 1. The number of hydrogen-bond donors (Lipinski definition) is 1. The molecule has 0 spiro atoms. The third-order valence-corrected chi connectivity index (χ3v) is 5.29. The van der Waals surface area contributed by atoms with Crippen LogP contribution in [-0.2, 0) is 16.0 Å². The summed E-state index contributed by atoms with van der Waals surface area (Å²) < 4.78 is 16.2. The molecule has 0 radical (unpaired) electrons. The number of nitrogens with zero attached hydrogens (tertiary/aromatic N) is 1. The first kappa shape index (κ1) is 23.1. The molecule has 0 aliphatic carbocycles. The predicted octanol–water partition coefficient (Wildman–Crippen LogP) is 4.27. The normalized spacial score (nSPS) is 14.5. The van der Waals surface area contributed by atoms with Crippen LogP contribution in [0.5, 0.6) is 11.5 Å². The molecule has 1 heterocycles. The van der Waals surface area contributed by atoms with E-state index in [0.29, 0.717) is 23.1 Å². The predicted molar refractivity (Wildman–Crippen MR) is 124 cm³/mol. The standard InChI is InChI=1S/C24H29ClN2O4/c1-3-31-22-17-19(16-21(25)24(22)29-2)6-9-23(28)26-20-7-4-18(5-8-20)10-11-27-12-14-30-15-13-27/h4-9,16-17H,3,10-15H2,1-2H3,(H,26,28)/b9-6+. The first-order chi connectivity index (χ1) is 15.1. The minimum Gasteiger partial charge on any atom is -0.491 e. The van der Waals surface area contributed by atoms with E-state index in [4.69, 9.17) is 25.8 Å². The maximum atomic E-state index is 12.3. The number of amides is 1. The maximum Gasteiger partial charge on any atom is 0.248 e. The van der Waals surface area contributed by atoms with Gasteiger partial charge >= 0.3 is 0 Å². The van der Waals surface area contributed by atoms with Gasteiger partial charge < -0.3 is 19.5 Å². The highest BCUT2D eigenvalue weighted by atomic mass is 35.5. The Morgan fingerprint density at radius 1 is 1.23 bits per heavy atom. The second kappa shape index (κ2) is 11.7. The summed E-state index contributed by atoms with van der Waals surface area (Å²) in [5.41, 5.74) is 2.76. The number of benzene rings is 2. The van der Waals surface area contributed by atoms with E-state index in [2.05, 4.69) is 22.3 Å². The lowest BCUT2D eigenvalue weighted by Gasteiger charge is -2.26. The van der Waals surface area contributed by atoms with Gasteiger partial charge in [0, 0.05) is 31.4 Å². The summed E-state index contributed by atoms with van der Waals surface area (Å²) in [6, 6.07) is 11.5. The van der Waals surface area contributed by atoms with Crippen LogP contribution in [0.15, 0.2) is 42.5 Å². The van der Waals surface area contributed by atoms with Crippen LogP contribution in [0, 0.1) is 0 Å². The molecular weight excluding hydrogens is 416 g/mol. The molecule has 2 aromatic carbocycles. The number of hydrogen-bond acceptors (Lipinski definition) is 5. The van der Waals surface area contributed by atoms with Crippen LogP contribution in [0.25, 0.3) is 6.08 Å². The maximum absolute atomic E-state index is 12.3. The van der Waals surface area contributed by atoms with Gasteiger partial charge in [0.2, 0.25) is 5.91 Å². The highest BCUT2D eigenvalue weighted by molar-refractivity contribution is 6.32. The van der Waals surface area contributed by atoms with Crippen LogP contribution in [0.1, 0.15) is 18.1 Å². The van der Waals surface area contributed by atoms with Gasteiger partial charge in [0.25, 0.3) is 0 Å². The van der Waals surface area contributed by atoms with Crippen molar-refractivity contribution in [3.05, 3.63) is 58.6 Å². The summed E-state index contributed by atoms with van der Waals surface area (Å²) in [4.78, 5) is 14.7. The molecule has 0 bridgehead atoms. The van der Waals surface area contributed by atoms with Crippen molar-refractivity contribution in [2.24, 2.45) is 0 Å². The van der Waals surface area contributed by atoms with Gasteiger partial charge in [-0.1, -0.05) is 23.7 Å². The summed E-state index contributed by atoms with van der Waals surface area (Å²) in [5.74, 6) is 0.815. The fourth-order valence-corrected chi connectivity index (χ4v) is 3.66. The third-order valence-electron chi connectivity index (χ3n) is 5.00. The number of rotatable bonds is 9. The average molecular weight is 445 g/mol. The second-order valence-electron chi connectivity index (χ2n) is 7.19. The molecule has 6 nitrogen and oxygen atoms in total. The van der Waals surface area contributed by atoms with Crippen LogP contribution in [-0.4, -0.2) is 57.4 Å². The molecule has 0 unspecified atom stereocenters. The van der Waals surface area contributed by atoms with Crippen LogP contribution in [0.3, 0.4) is 0 Å². The van der Waals surface area contributed by atoms with Crippen molar-refractivity contribution in [1.82, 2.24) is 4.90 Å². The Labute approximate surface area is 188 Å². The number of ether oxygens (including phenoxy) is 3. The van der Waals surface area contributed by atoms with Crippen molar-refractivity contribution >= 4 is 29.3 Å². The number of carbonyl (C=O) groups excluding carboxylic acids is 1. The molecule has 0 aromatic heterocycles. The van der Waals surface area contributed by atoms with Gasteiger partial charge in [-0.3, -0.25) is 9.69 Å². The molecule has 3 rings (SSSR count). The van der Waals surface area contributed by atoms with Crippen LogP contribution in [0.2, 0.25) is 5.02 Å². The van der Waals surface area contributed by atoms with Crippen LogP contribution < -0.4 is 14.8 Å². The number of anilines is 1. The number of nitrogens with one attached hydrogen (secondary N) is 1. The van der Waals surface area contributed by atoms with Crippen molar-refractivity contribution in [1.29, 1.82) is 0 Å². The summed E-state index contributed by atoms with van der Waals surface area (Å²) in [6.07, 6.45) is 4.15. The minimum absolute atomic E-state index is 0.217. The number of methoxy groups -OCH3 is 1. The van der Waals surface area contributed by atoms with Crippen molar-refractivity contribution in [3.8, 4) is 11.5 Å². The highest BCUT2D eigenvalue weighted by Crippen LogP contribution is 2.36. The molecule has 0 saturated carbocycles. The van der Waals surface area contributed by atoms with Crippen molar-refractivity contribution in [2.75, 3.05) is 51.9 Å². The lowest BCUT2D eigenvalue weighted by atomic mass is 10.1. The van der Waals surface area contributed by atoms with Gasteiger partial charge in [0.1, 0.15) is 0 Å². The molecule has 1 amide bonds. The molecule has 7 heteroatoms. The SMILES string of the molecule is CCOc1cc(/C=C/C(=O)Nc2ccc(CCN3CCOCC3)cc2)cc(Cl)c1OC. The molecule has 2 aromatic rings. The molecule has 0 atom stereocenters. The van der Waals surface area contributed by atoms with Crippen LogP contribution >= 0.6 is 11.6 Å². The van der Waals surface area contributed by atoms with Gasteiger partial charge in [-0.25, -0.2) is 0 Å². The van der Waals surface area contributed by atoms with Crippen molar-refractivity contribution in [2.45, 2.75) is 13.3 Å². The molecular formula is C24H29ClN2O4. The molecule has 1 saturated heterocycles. The minimum atomic E-state index is -0.217. The Hall–Kier alpha value is -2.54. The lowest BCUT2D eigenvalue weighted by molar-refractivity contribution is -0.111. The fourth-order valence-electron chi connectivity index (χ4n) is 3.37. The van der Waals surface area contributed by atoms with E-state index in [0.717, 1.165) is 50.5 Å². The Bertz CT molecular complexity index is 893. The Morgan fingerprint density at radius 2 is 1.97 bits per heavy atom. The average Bonchev–Trinajstić information content (AvgIpc) is 2.78. The Balaban J connectivity index is 1.54. The van der Waals surface area contributed by atoms with E-state index in [1.807, 2.05) is 19.1 Å². The molecule has 1 fully saturated rings. The van der Waals surface area contributed by atoms with Crippen LogP contribution in [0.4, 0.5) is 5.69 Å². The van der Waals surface area contributed by atoms with E-state index >= 15 is 0 Å². The molecule has 1 N–H and O–H groups in total. The first-order valence-electron chi connectivity index (χ1n) is 10.5. The fraction of sp³-hybridized carbons (Fsp3) is 0.375. The monoisotopic (exact) mass is 444 g/mol. The topological polar surface area (TPSA) is 60.0 Å². The molecule has 1 aliphatic rings. The van der Waals surface area contributed by atoms with Crippen molar-refractivity contribution in [3.63, 3.8) is 0 Å². The molecule has 31 heavy (non-hydrogen) atoms. The summed E-state index contributed by atoms with van der Waals surface area (Å²) >= 11 is 6.26. The zero-order valence-corrected chi connectivity index (χ0v) is 18.8. The van der Waals surface area contributed by atoms with E-state index in [1.54, 1.807) is 25.3 Å². The first-order valence-corrected chi connectivity index (χ1v) is 10.8. The van der Waals surface area contributed by atoms with E-state index in [1.165, 1.54) is 11.6 Å². The van der Waals surface area contributed by atoms with Gasteiger partial charge in [0.05, 0.1) is 32.0 Å². The van der Waals surface area contributed by atoms with Crippen molar-refractivity contribution < 1.29 is 19.0 Å². The zero-order chi connectivity index (χ0) is 22.1. The number of morpholine rings is 1. The van der Waals surface area contributed by atoms with Gasteiger partial charge in [-0.2, -0.15) is 0 Å². The molecule has 166 valence electrons. The Morgan fingerprint density at radius 3 is 2.65 bits per heavy atom. The van der Waals surface area contributed by atoms with E-state index < -0.39 is 0 Å². The van der Waals surface area contributed by atoms with Gasteiger partial charge in [0.15, 0.2) is 11.5 Å². The quantitative estimate of drug-likeness (QED) is 0.585. The van der Waals surface area contributed by atoms with Gasteiger partial charge in [-0.15, -0.1) is 0 Å². The lowest BCUT2D eigenvalue weighted by Crippen LogP contribution is -2.37. The molecule has 1 aliphatic heterocycles. The largest absolute Gasteiger partial charge is 0.491 e. The highest BCUT2D eigenvalue weighted by Gasteiger charge is 2.11. The Kier molecular flexibility index (Phi) is 8.76. The summed E-state index contributed by atoms with van der Waals surface area (Å²) in [7, 11) is 1.54. The smallest absolute Gasteiger partial charge is 0.248 e. The third kappa shape index (κ3) is 6.99. The summed E-state index contributed by atoms with van der Waals surface area (Å²) in [6.45, 7) is 7.01. The number of carbonyl (C=O) groups is 1. The van der Waals surface area contributed by atoms with Gasteiger partial charge in [-0.05, 0) is 54.8 Å². The second-order valence-corrected chi connectivity index (χ2v) is 7.60. The van der Waals surface area contributed by atoms with E-state index in [-0.39, 0.29) is 5.91 Å². The zero-order valence-electron chi connectivity index (χ0n) is 18.0. The van der Waals surface area contributed by atoms with E-state index in [9.17, 15) is 4.79 Å². The summed E-state index contributed by atoms with van der Waals surface area (Å²) in [5, 5.41) is 3.31.